The molecule has 1 atom stereocenters. The smallest absolute Gasteiger partial charge is 0.407 e. The Balaban J connectivity index is 2.33. The molecule has 1 unspecified atom stereocenters. The molecule has 130 valence electrons. The van der Waals surface area contributed by atoms with Gasteiger partial charge in [0.15, 0.2) is 0 Å². The minimum Gasteiger partial charge on any atom is -0.444 e. The van der Waals surface area contributed by atoms with Crippen molar-refractivity contribution < 1.29 is 9.53 Å². The lowest BCUT2D eigenvalue weighted by molar-refractivity contribution is 0.0527. The highest BCUT2D eigenvalue weighted by atomic mass is 35.5. The maximum absolute atomic E-state index is 11.5. The minimum absolute atomic E-state index is 0.214. The third-order valence-electron chi connectivity index (χ3n) is 3.17. The zero-order chi connectivity index (χ0) is 17.5. The monoisotopic (exact) mass is 360 g/mol. The fraction of sp³-hybridized carbons (Fsp3) is 0.588. The number of hydrogen-bond donors (Lipinski definition) is 2. The summed E-state index contributed by atoms with van der Waals surface area (Å²) in [5.74, 6) is 0. The van der Waals surface area contributed by atoms with Crippen molar-refractivity contribution in [2.45, 2.75) is 52.2 Å². The molecule has 0 saturated heterocycles. The maximum Gasteiger partial charge on any atom is 0.407 e. The number of amides is 1. The van der Waals surface area contributed by atoms with Gasteiger partial charge in [0.25, 0.3) is 0 Å². The van der Waals surface area contributed by atoms with E-state index in [0.29, 0.717) is 16.6 Å². The Morgan fingerprint density at radius 3 is 2.48 bits per heavy atom. The summed E-state index contributed by atoms with van der Waals surface area (Å²) in [5.41, 5.74) is 0.644. The molecule has 0 fully saturated rings. The number of rotatable bonds is 7. The summed E-state index contributed by atoms with van der Waals surface area (Å²) in [6.45, 7) is 9.00. The van der Waals surface area contributed by atoms with Gasteiger partial charge in [-0.2, -0.15) is 0 Å². The number of alkyl carbamates (subject to hydrolysis) is 1. The summed E-state index contributed by atoms with van der Waals surface area (Å²) < 4.78 is 5.18. The molecule has 1 amide bonds. The third kappa shape index (κ3) is 7.91. The van der Waals surface area contributed by atoms with Crippen LogP contribution in [0.25, 0.3) is 0 Å². The molecular formula is C17H26Cl2N2O2. The number of nitrogens with one attached hydrogen (secondary N) is 2. The SMILES string of the molecule is CCC(NCCCNC(=O)OC(C)(C)C)c1ccc(Cl)c(Cl)c1. The summed E-state index contributed by atoms with van der Waals surface area (Å²) in [6.07, 6.45) is 1.38. The predicted octanol–water partition coefficient (Wildman–Crippen LogP) is 4.95. The first-order valence-electron chi connectivity index (χ1n) is 7.88. The molecule has 0 spiro atoms. The summed E-state index contributed by atoms with van der Waals surface area (Å²) in [4.78, 5) is 11.5. The van der Waals surface area contributed by atoms with E-state index < -0.39 is 5.60 Å². The standard InChI is InChI=1S/C17H26Cl2N2O2/c1-5-15(12-7-8-13(18)14(19)11-12)20-9-6-10-21-16(22)23-17(2,3)4/h7-8,11,15,20H,5-6,9-10H2,1-4H3,(H,21,22). The second-order valence-electron chi connectivity index (χ2n) is 6.37. The van der Waals surface area contributed by atoms with Crippen LogP contribution in [-0.2, 0) is 4.74 Å². The molecule has 1 rings (SSSR count). The first-order valence-corrected chi connectivity index (χ1v) is 8.63. The summed E-state index contributed by atoms with van der Waals surface area (Å²) in [7, 11) is 0. The van der Waals surface area contributed by atoms with Gasteiger partial charge in [0.1, 0.15) is 5.60 Å². The summed E-state index contributed by atoms with van der Waals surface area (Å²) >= 11 is 12.0. The first kappa shape index (κ1) is 20.1. The van der Waals surface area contributed by atoms with Crippen LogP contribution in [-0.4, -0.2) is 24.8 Å². The van der Waals surface area contributed by atoms with Crippen molar-refractivity contribution >= 4 is 29.3 Å². The summed E-state index contributed by atoms with van der Waals surface area (Å²) in [6, 6.07) is 5.90. The molecule has 0 radical (unpaired) electrons. The highest BCUT2D eigenvalue weighted by Gasteiger charge is 2.15. The number of halogens is 2. The van der Waals surface area contributed by atoms with Crippen LogP contribution in [0.4, 0.5) is 4.79 Å². The van der Waals surface area contributed by atoms with Crippen LogP contribution in [0, 0.1) is 0 Å². The highest BCUT2D eigenvalue weighted by Crippen LogP contribution is 2.26. The van der Waals surface area contributed by atoms with Crippen LogP contribution in [0.15, 0.2) is 18.2 Å². The maximum atomic E-state index is 11.5. The van der Waals surface area contributed by atoms with Crippen LogP contribution >= 0.6 is 23.2 Å². The molecule has 0 aliphatic heterocycles. The van der Waals surface area contributed by atoms with Gasteiger partial charge in [-0.25, -0.2) is 4.79 Å². The van der Waals surface area contributed by atoms with Gasteiger partial charge < -0.3 is 15.4 Å². The van der Waals surface area contributed by atoms with Gasteiger partial charge in [-0.15, -0.1) is 0 Å². The molecule has 0 heterocycles. The lowest BCUT2D eigenvalue weighted by Crippen LogP contribution is -2.34. The van der Waals surface area contributed by atoms with E-state index in [9.17, 15) is 4.79 Å². The Labute approximate surface area is 148 Å². The van der Waals surface area contributed by atoms with Gasteiger partial charge in [-0.1, -0.05) is 36.2 Å². The molecule has 1 aromatic carbocycles. The van der Waals surface area contributed by atoms with E-state index in [0.717, 1.165) is 24.9 Å². The van der Waals surface area contributed by atoms with Crippen molar-refractivity contribution in [2.24, 2.45) is 0 Å². The van der Waals surface area contributed by atoms with Gasteiger partial charge in [0, 0.05) is 12.6 Å². The first-order chi connectivity index (χ1) is 10.7. The van der Waals surface area contributed by atoms with Crippen molar-refractivity contribution in [3.63, 3.8) is 0 Å². The van der Waals surface area contributed by atoms with Crippen molar-refractivity contribution in [2.75, 3.05) is 13.1 Å². The van der Waals surface area contributed by atoms with E-state index in [-0.39, 0.29) is 12.1 Å². The van der Waals surface area contributed by atoms with Gasteiger partial charge >= 0.3 is 6.09 Å². The van der Waals surface area contributed by atoms with Gasteiger partial charge in [-0.05, 0) is 57.9 Å². The quantitative estimate of drug-likeness (QED) is 0.676. The van der Waals surface area contributed by atoms with Gasteiger partial charge in [0.2, 0.25) is 0 Å². The topological polar surface area (TPSA) is 50.4 Å². The molecule has 1 aromatic rings. The average molecular weight is 361 g/mol. The lowest BCUT2D eigenvalue weighted by atomic mass is 10.0. The van der Waals surface area contributed by atoms with Crippen LogP contribution in [0.5, 0.6) is 0 Å². The molecule has 2 N–H and O–H groups in total. The van der Waals surface area contributed by atoms with Gasteiger partial charge in [-0.3, -0.25) is 0 Å². The van der Waals surface area contributed by atoms with Crippen LogP contribution < -0.4 is 10.6 Å². The normalized spacial score (nSPS) is 12.8. The molecule has 0 aromatic heterocycles. The highest BCUT2D eigenvalue weighted by molar-refractivity contribution is 6.42. The molecule has 6 heteroatoms. The zero-order valence-electron chi connectivity index (χ0n) is 14.2. The van der Waals surface area contributed by atoms with Crippen LogP contribution in [0.2, 0.25) is 10.0 Å². The average Bonchev–Trinajstić information content (AvgIpc) is 2.44. The van der Waals surface area contributed by atoms with Crippen molar-refractivity contribution in [1.82, 2.24) is 10.6 Å². The largest absolute Gasteiger partial charge is 0.444 e. The van der Waals surface area contributed by atoms with Crippen molar-refractivity contribution in [3.8, 4) is 0 Å². The number of carbonyl (C=O) groups excluding carboxylic acids is 1. The van der Waals surface area contributed by atoms with E-state index in [2.05, 4.69) is 17.6 Å². The number of hydrogen-bond acceptors (Lipinski definition) is 3. The van der Waals surface area contributed by atoms with E-state index >= 15 is 0 Å². The van der Waals surface area contributed by atoms with Crippen molar-refractivity contribution in [3.05, 3.63) is 33.8 Å². The number of ether oxygens (including phenoxy) is 1. The zero-order valence-corrected chi connectivity index (χ0v) is 15.7. The predicted molar refractivity (Wildman–Crippen MR) is 96.4 cm³/mol. The molecule has 0 saturated carbocycles. The van der Waals surface area contributed by atoms with Gasteiger partial charge in [0.05, 0.1) is 10.0 Å². The lowest BCUT2D eigenvalue weighted by Gasteiger charge is -2.20. The molecule has 23 heavy (non-hydrogen) atoms. The second kappa shape index (κ2) is 9.36. The summed E-state index contributed by atoms with van der Waals surface area (Å²) in [5, 5.41) is 7.34. The Hall–Kier alpha value is -0.970. The van der Waals surface area contributed by atoms with E-state index in [4.69, 9.17) is 27.9 Å². The molecule has 0 aliphatic rings. The molecule has 4 nitrogen and oxygen atoms in total. The van der Waals surface area contributed by atoms with Crippen LogP contribution in [0.1, 0.15) is 52.1 Å². The van der Waals surface area contributed by atoms with Crippen molar-refractivity contribution in [1.29, 1.82) is 0 Å². The second-order valence-corrected chi connectivity index (χ2v) is 7.19. The Bertz CT molecular complexity index is 516. The molecule has 0 bridgehead atoms. The van der Waals surface area contributed by atoms with Crippen LogP contribution in [0.3, 0.4) is 0 Å². The Kier molecular flexibility index (Phi) is 8.17. The molecular weight excluding hydrogens is 335 g/mol. The van der Waals surface area contributed by atoms with E-state index in [1.165, 1.54) is 0 Å². The Morgan fingerprint density at radius 1 is 1.22 bits per heavy atom. The Morgan fingerprint density at radius 2 is 1.91 bits per heavy atom. The number of benzene rings is 1. The number of carbonyl (C=O) groups is 1. The van der Waals surface area contributed by atoms with E-state index in [1.54, 1.807) is 0 Å². The fourth-order valence-electron chi connectivity index (χ4n) is 2.10. The minimum atomic E-state index is -0.469. The van der Waals surface area contributed by atoms with E-state index in [1.807, 2.05) is 39.0 Å². The molecule has 0 aliphatic carbocycles. The fourth-order valence-corrected chi connectivity index (χ4v) is 2.40. The third-order valence-corrected chi connectivity index (χ3v) is 3.91.